The Labute approximate surface area is 236 Å². The van der Waals surface area contributed by atoms with Crippen LogP contribution < -0.4 is 4.74 Å². The highest BCUT2D eigenvalue weighted by Gasteiger charge is 2.29. The van der Waals surface area contributed by atoms with Crippen molar-refractivity contribution in [2.75, 3.05) is 20.2 Å². The number of piperidine rings is 1. The number of methoxy groups -OCH3 is 1. The van der Waals surface area contributed by atoms with Crippen molar-refractivity contribution in [3.05, 3.63) is 65.7 Å². The molecule has 0 bridgehead atoms. The van der Waals surface area contributed by atoms with Gasteiger partial charge in [0.1, 0.15) is 12.3 Å². The molecule has 210 valence electrons. The average Bonchev–Trinajstić information content (AvgIpc) is 3.34. The summed E-state index contributed by atoms with van der Waals surface area (Å²) in [5.41, 5.74) is 4.88. The summed E-state index contributed by atoms with van der Waals surface area (Å²) in [6.45, 7) is 14.8. The van der Waals surface area contributed by atoms with Gasteiger partial charge in [0.25, 0.3) is 0 Å². The number of benzene rings is 1. The highest BCUT2D eigenvalue weighted by Crippen LogP contribution is 2.42. The van der Waals surface area contributed by atoms with Crippen LogP contribution >= 0.6 is 0 Å². The molecule has 0 spiro atoms. The van der Waals surface area contributed by atoms with Crippen LogP contribution in [-0.2, 0) is 22.2 Å². The maximum atomic E-state index is 13.1. The summed E-state index contributed by atoms with van der Waals surface area (Å²) in [4.78, 5) is 29.1. The molecule has 1 saturated heterocycles. The topological polar surface area (TPSA) is 86.0 Å². The molecule has 8 heteroatoms. The number of ether oxygens (including phenoxy) is 1. The largest absolute Gasteiger partial charge is 0.496 e. The zero-order chi connectivity index (χ0) is 28.7. The van der Waals surface area contributed by atoms with Crippen LogP contribution in [0, 0.1) is 0 Å². The number of carbonyl (C=O) groups is 1. The van der Waals surface area contributed by atoms with Gasteiger partial charge in [-0.15, -0.1) is 0 Å². The molecular formula is C32H40N6O2. The predicted octanol–water partition coefficient (Wildman–Crippen LogP) is 5.90. The minimum Gasteiger partial charge on any atom is -0.496 e. The van der Waals surface area contributed by atoms with Gasteiger partial charge in [-0.05, 0) is 54.0 Å². The maximum absolute atomic E-state index is 13.1. The Kier molecular flexibility index (Phi) is 7.38. The summed E-state index contributed by atoms with van der Waals surface area (Å²) in [6, 6.07) is 10.2. The summed E-state index contributed by atoms with van der Waals surface area (Å²) in [5, 5.41) is 5.31. The normalized spacial score (nSPS) is 15.0. The number of pyridine rings is 1. The van der Waals surface area contributed by atoms with Crippen molar-refractivity contribution in [1.29, 1.82) is 0 Å². The molecular weight excluding hydrogens is 500 g/mol. The molecule has 0 N–H and O–H groups in total. The highest BCUT2D eigenvalue weighted by molar-refractivity contribution is 5.79. The quantitative estimate of drug-likeness (QED) is 0.313. The third kappa shape index (κ3) is 5.58. The molecule has 40 heavy (non-hydrogen) atoms. The lowest BCUT2D eigenvalue weighted by molar-refractivity contribution is -0.133. The Morgan fingerprint density at radius 1 is 0.975 bits per heavy atom. The van der Waals surface area contributed by atoms with Crippen LogP contribution in [0.4, 0.5) is 0 Å². The number of carbonyl (C=O) groups excluding carboxylic acids is 1. The number of nitrogens with zero attached hydrogens (tertiary/aromatic N) is 6. The molecule has 1 aliphatic rings. The fourth-order valence-corrected chi connectivity index (χ4v) is 5.51. The van der Waals surface area contributed by atoms with E-state index in [4.69, 9.17) is 9.72 Å². The monoisotopic (exact) mass is 540 g/mol. The van der Waals surface area contributed by atoms with Gasteiger partial charge in [0, 0.05) is 59.2 Å². The van der Waals surface area contributed by atoms with E-state index in [1.165, 1.54) is 0 Å². The van der Waals surface area contributed by atoms with Crippen molar-refractivity contribution >= 4 is 16.9 Å². The highest BCUT2D eigenvalue weighted by atomic mass is 16.5. The van der Waals surface area contributed by atoms with Crippen LogP contribution in [0.15, 0.2) is 48.9 Å². The minimum atomic E-state index is -0.100. The second-order valence-corrected chi connectivity index (χ2v) is 12.8. The van der Waals surface area contributed by atoms with Crippen LogP contribution in [0.25, 0.3) is 22.4 Å². The molecule has 8 nitrogen and oxygen atoms in total. The Bertz CT molecular complexity index is 1490. The van der Waals surface area contributed by atoms with Crippen molar-refractivity contribution in [3.8, 4) is 17.1 Å². The molecule has 4 aromatic rings. The zero-order valence-corrected chi connectivity index (χ0v) is 24.7. The molecule has 3 aromatic heterocycles. The van der Waals surface area contributed by atoms with Gasteiger partial charge in [0.2, 0.25) is 5.91 Å². The fraction of sp³-hybridized carbons (Fsp3) is 0.469. The first-order valence-corrected chi connectivity index (χ1v) is 14.1. The Morgan fingerprint density at radius 3 is 2.27 bits per heavy atom. The third-order valence-corrected chi connectivity index (χ3v) is 7.79. The molecule has 1 fully saturated rings. The number of likely N-dealkylation sites (tertiary alicyclic amines) is 1. The lowest BCUT2D eigenvalue weighted by Gasteiger charge is -2.32. The molecule has 0 unspecified atom stereocenters. The minimum absolute atomic E-state index is 0.0696. The number of amides is 1. The van der Waals surface area contributed by atoms with Gasteiger partial charge < -0.3 is 9.64 Å². The van der Waals surface area contributed by atoms with E-state index >= 15 is 0 Å². The van der Waals surface area contributed by atoms with Gasteiger partial charge in [-0.25, -0.2) is 19.6 Å². The Morgan fingerprint density at radius 2 is 1.65 bits per heavy atom. The van der Waals surface area contributed by atoms with Crippen LogP contribution in [0.5, 0.6) is 5.75 Å². The van der Waals surface area contributed by atoms with Crippen molar-refractivity contribution in [2.45, 2.75) is 77.7 Å². The fourth-order valence-electron chi connectivity index (χ4n) is 5.51. The molecule has 0 atom stereocenters. The van der Waals surface area contributed by atoms with Crippen LogP contribution in [0.3, 0.4) is 0 Å². The smallest absolute Gasteiger partial charge is 0.244 e. The first kappa shape index (κ1) is 27.7. The van der Waals surface area contributed by atoms with Gasteiger partial charge in [0.15, 0.2) is 11.5 Å². The van der Waals surface area contributed by atoms with Crippen LogP contribution in [0.1, 0.15) is 77.1 Å². The van der Waals surface area contributed by atoms with Gasteiger partial charge in [0.05, 0.1) is 13.3 Å². The lowest BCUT2D eigenvalue weighted by atomic mass is 9.78. The van der Waals surface area contributed by atoms with Crippen molar-refractivity contribution in [3.63, 3.8) is 0 Å². The SMILES string of the molecule is COc1c(C(C)(C)C)cc(-c2nccc(C3CCN(C(=O)Cn4ncc5cccnc54)CC3)n2)cc1C(C)(C)C. The summed E-state index contributed by atoms with van der Waals surface area (Å²) < 4.78 is 7.63. The van der Waals surface area contributed by atoms with Gasteiger partial charge >= 0.3 is 0 Å². The molecule has 5 rings (SSSR count). The van der Waals surface area contributed by atoms with Crippen molar-refractivity contribution in [1.82, 2.24) is 29.6 Å². The molecule has 1 amide bonds. The van der Waals surface area contributed by atoms with Gasteiger partial charge in [-0.3, -0.25) is 4.79 Å². The molecule has 0 aliphatic carbocycles. The second kappa shape index (κ2) is 10.6. The summed E-state index contributed by atoms with van der Waals surface area (Å²) in [5.74, 6) is 2.02. The van der Waals surface area contributed by atoms with E-state index < -0.39 is 0 Å². The van der Waals surface area contributed by atoms with Gasteiger partial charge in [-0.1, -0.05) is 41.5 Å². The van der Waals surface area contributed by atoms with Crippen LogP contribution in [0.2, 0.25) is 0 Å². The van der Waals surface area contributed by atoms with Crippen LogP contribution in [-0.4, -0.2) is 55.7 Å². The summed E-state index contributed by atoms with van der Waals surface area (Å²) >= 11 is 0. The van der Waals surface area contributed by atoms with Crippen molar-refractivity contribution in [2.24, 2.45) is 0 Å². The first-order chi connectivity index (χ1) is 19.0. The predicted molar refractivity (Wildman–Crippen MR) is 158 cm³/mol. The first-order valence-electron chi connectivity index (χ1n) is 14.1. The summed E-state index contributed by atoms with van der Waals surface area (Å²) in [7, 11) is 1.75. The van der Waals surface area contributed by atoms with E-state index in [2.05, 4.69) is 68.7 Å². The number of hydrogen-bond donors (Lipinski definition) is 0. The van der Waals surface area contributed by atoms with E-state index in [1.807, 2.05) is 29.3 Å². The average molecular weight is 541 g/mol. The standard InChI is InChI=1S/C32H40N6O2/c1-31(2,3)24-17-23(18-25(28(24)40-7)32(4,5)6)29-33-14-10-26(36-29)21-11-15-37(16-12-21)27(39)20-38-30-22(19-35-38)9-8-13-34-30/h8-10,13-14,17-19,21H,11-12,15-16,20H2,1-7H3. The van der Waals surface area contributed by atoms with Crippen molar-refractivity contribution < 1.29 is 9.53 Å². The third-order valence-electron chi connectivity index (χ3n) is 7.79. The maximum Gasteiger partial charge on any atom is 0.244 e. The Balaban J connectivity index is 1.34. The Hall–Kier alpha value is -3.81. The summed E-state index contributed by atoms with van der Waals surface area (Å²) in [6.07, 6.45) is 7.08. The lowest BCUT2D eigenvalue weighted by Crippen LogP contribution is -2.40. The molecule has 1 aromatic carbocycles. The van der Waals surface area contributed by atoms with E-state index in [1.54, 1.807) is 24.2 Å². The molecule has 4 heterocycles. The molecule has 1 aliphatic heterocycles. The van der Waals surface area contributed by atoms with E-state index in [0.29, 0.717) is 13.1 Å². The molecule has 0 saturated carbocycles. The molecule has 0 radical (unpaired) electrons. The van der Waals surface area contributed by atoms with Gasteiger partial charge in [-0.2, -0.15) is 5.10 Å². The van der Waals surface area contributed by atoms with E-state index in [-0.39, 0.29) is 29.2 Å². The number of aromatic nitrogens is 5. The number of rotatable bonds is 5. The van der Waals surface area contributed by atoms with E-state index in [0.717, 1.165) is 57.8 Å². The zero-order valence-electron chi connectivity index (χ0n) is 24.7. The second-order valence-electron chi connectivity index (χ2n) is 12.8. The number of hydrogen-bond acceptors (Lipinski definition) is 6. The number of fused-ring (bicyclic) bond motifs is 1. The van der Waals surface area contributed by atoms with E-state index in [9.17, 15) is 4.79 Å².